The van der Waals surface area contributed by atoms with Gasteiger partial charge in [0.1, 0.15) is 17.1 Å². The predicted molar refractivity (Wildman–Crippen MR) is 85.8 cm³/mol. The molecule has 0 bridgehead atoms. The van der Waals surface area contributed by atoms with Crippen molar-refractivity contribution < 1.29 is 13.9 Å². The number of nitrogens with one attached hydrogen (secondary N) is 1. The lowest BCUT2D eigenvalue weighted by molar-refractivity contribution is 0.473. The molecule has 23 heavy (non-hydrogen) atoms. The minimum atomic E-state index is -0.464. The van der Waals surface area contributed by atoms with E-state index in [1.165, 1.54) is 24.3 Å². The molecule has 4 nitrogen and oxygen atoms in total. The van der Waals surface area contributed by atoms with E-state index in [1.54, 1.807) is 24.3 Å². The summed E-state index contributed by atoms with van der Waals surface area (Å²) in [4.78, 5) is 11.6. The monoisotopic (exact) mass is 313 g/mol. The van der Waals surface area contributed by atoms with Crippen molar-refractivity contribution in [3.63, 3.8) is 0 Å². The van der Waals surface area contributed by atoms with E-state index in [0.29, 0.717) is 12.1 Å². The Bertz CT molecular complexity index is 887. The molecule has 3 rings (SSSR count). The summed E-state index contributed by atoms with van der Waals surface area (Å²) in [5.74, 6) is -0.224. The molecule has 2 N–H and O–H groups in total. The highest BCUT2D eigenvalue weighted by molar-refractivity contribution is 5.81. The lowest BCUT2D eigenvalue weighted by atomic mass is 10.1. The van der Waals surface area contributed by atoms with Crippen LogP contribution in [0.3, 0.4) is 0 Å². The van der Waals surface area contributed by atoms with E-state index < -0.39 is 5.63 Å². The van der Waals surface area contributed by atoms with Crippen molar-refractivity contribution in [3.05, 3.63) is 75.9 Å². The summed E-state index contributed by atoms with van der Waals surface area (Å²) >= 11 is 0. The number of benzene rings is 2. The van der Waals surface area contributed by atoms with Crippen LogP contribution < -0.4 is 10.9 Å². The number of hydrogen-bond donors (Lipinski definition) is 2. The highest BCUT2D eigenvalue weighted by atomic mass is 19.1. The second-order valence-corrected chi connectivity index (χ2v) is 5.43. The molecule has 0 spiro atoms. The van der Waals surface area contributed by atoms with E-state index in [0.717, 1.165) is 16.5 Å². The summed E-state index contributed by atoms with van der Waals surface area (Å²) in [6.45, 7) is 2.41. The Morgan fingerprint density at radius 1 is 1.17 bits per heavy atom. The van der Waals surface area contributed by atoms with Crippen LogP contribution in [0.2, 0.25) is 0 Å². The summed E-state index contributed by atoms with van der Waals surface area (Å²) < 4.78 is 18.1. The van der Waals surface area contributed by atoms with Gasteiger partial charge in [-0.2, -0.15) is 0 Å². The minimum absolute atomic E-state index is 0.00462. The first-order valence-corrected chi connectivity index (χ1v) is 7.27. The highest BCUT2D eigenvalue weighted by Gasteiger charge is 2.09. The average molecular weight is 313 g/mol. The SMILES string of the molecule is C[C@H](NCc1cc(=O)oc2cc(O)ccc12)c1ccc(F)cc1. The third kappa shape index (κ3) is 3.40. The normalized spacial score (nSPS) is 12.4. The van der Waals surface area contributed by atoms with Crippen molar-refractivity contribution >= 4 is 11.0 Å². The second-order valence-electron chi connectivity index (χ2n) is 5.43. The average Bonchev–Trinajstić information content (AvgIpc) is 2.52. The second kappa shape index (κ2) is 6.22. The fourth-order valence-corrected chi connectivity index (χ4v) is 2.50. The molecule has 0 aliphatic rings. The van der Waals surface area contributed by atoms with Crippen LogP contribution in [-0.2, 0) is 6.54 Å². The molecule has 118 valence electrons. The Morgan fingerprint density at radius 2 is 1.91 bits per heavy atom. The quantitative estimate of drug-likeness (QED) is 0.724. The molecule has 1 aromatic heterocycles. The van der Waals surface area contributed by atoms with Gasteiger partial charge in [0.25, 0.3) is 0 Å². The Balaban J connectivity index is 1.84. The Labute approximate surface area is 132 Å². The standard InChI is InChI=1S/C18H16FNO3/c1-11(12-2-4-14(19)5-3-12)20-10-13-8-18(22)23-17-9-15(21)6-7-16(13)17/h2-9,11,20-21H,10H2,1H3/t11-/m0/s1. The number of phenolic OH excluding ortho intramolecular Hbond substituents is 1. The van der Waals surface area contributed by atoms with Crippen LogP contribution in [0.4, 0.5) is 4.39 Å². The molecule has 0 aliphatic carbocycles. The molecule has 5 heteroatoms. The number of aromatic hydroxyl groups is 1. The molecular formula is C18H16FNO3. The van der Waals surface area contributed by atoms with Crippen LogP contribution in [-0.4, -0.2) is 5.11 Å². The van der Waals surface area contributed by atoms with Gasteiger partial charge in [0.15, 0.2) is 0 Å². The number of fused-ring (bicyclic) bond motifs is 1. The van der Waals surface area contributed by atoms with Gasteiger partial charge in [0, 0.05) is 30.1 Å². The van der Waals surface area contributed by atoms with Crippen LogP contribution in [0.5, 0.6) is 5.75 Å². The Kier molecular flexibility index (Phi) is 4.12. The van der Waals surface area contributed by atoms with Crippen LogP contribution in [0.15, 0.2) is 57.7 Å². The molecule has 0 aliphatic heterocycles. The van der Waals surface area contributed by atoms with Gasteiger partial charge >= 0.3 is 5.63 Å². The topological polar surface area (TPSA) is 62.5 Å². The molecule has 2 aromatic carbocycles. The van der Waals surface area contributed by atoms with Gasteiger partial charge in [0.2, 0.25) is 0 Å². The maximum atomic E-state index is 13.0. The van der Waals surface area contributed by atoms with E-state index in [1.807, 2.05) is 6.92 Å². The first kappa shape index (κ1) is 15.2. The van der Waals surface area contributed by atoms with Gasteiger partial charge in [0.05, 0.1) is 0 Å². The molecule has 3 aromatic rings. The number of halogens is 1. The summed E-state index contributed by atoms with van der Waals surface area (Å²) in [7, 11) is 0. The van der Waals surface area contributed by atoms with Crippen molar-refractivity contribution in [2.45, 2.75) is 19.5 Å². The number of hydrogen-bond acceptors (Lipinski definition) is 4. The van der Waals surface area contributed by atoms with Gasteiger partial charge in [-0.05, 0) is 42.3 Å². The molecule has 0 unspecified atom stereocenters. The van der Waals surface area contributed by atoms with Crippen molar-refractivity contribution in [3.8, 4) is 5.75 Å². The van der Waals surface area contributed by atoms with Crippen molar-refractivity contribution in [1.82, 2.24) is 5.32 Å². The number of rotatable bonds is 4. The molecule has 0 amide bonds. The smallest absolute Gasteiger partial charge is 0.336 e. The third-order valence-electron chi connectivity index (χ3n) is 3.78. The summed E-state index contributed by atoms with van der Waals surface area (Å²) in [5, 5.41) is 13.6. The Morgan fingerprint density at radius 3 is 2.65 bits per heavy atom. The largest absolute Gasteiger partial charge is 0.508 e. The van der Waals surface area contributed by atoms with E-state index in [2.05, 4.69) is 5.32 Å². The van der Waals surface area contributed by atoms with Crippen molar-refractivity contribution in [2.75, 3.05) is 0 Å². The lowest BCUT2D eigenvalue weighted by Crippen LogP contribution is -2.19. The van der Waals surface area contributed by atoms with E-state index in [9.17, 15) is 14.3 Å². The molecule has 0 radical (unpaired) electrons. The fraction of sp³-hybridized carbons (Fsp3) is 0.167. The summed E-state index contributed by atoms with van der Waals surface area (Å²) in [6.07, 6.45) is 0. The summed E-state index contributed by atoms with van der Waals surface area (Å²) in [6, 6.07) is 12.4. The predicted octanol–water partition coefficient (Wildman–Crippen LogP) is 3.49. The van der Waals surface area contributed by atoms with E-state index in [4.69, 9.17) is 4.42 Å². The van der Waals surface area contributed by atoms with Crippen LogP contribution >= 0.6 is 0 Å². The van der Waals surface area contributed by atoms with Gasteiger partial charge in [-0.15, -0.1) is 0 Å². The maximum absolute atomic E-state index is 13.0. The zero-order valence-corrected chi connectivity index (χ0v) is 12.5. The number of phenols is 1. The van der Waals surface area contributed by atoms with Crippen molar-refractivity contribution in [1.29, 1.82) is 0 Å². The van der Waals surface area contributed by atoms with Crippen LogP contribution in [0, 0.1) is 5.82 Å². The van der Waals surface area contributed by atoms with E-state index in [-0.39, 0.29) is 17.6 Å². The van der Waals surface area contributed by atoms with E-state index >= 15 is 0 Å². The molecule has 0 saturated carbocycles. The Hall–Kier alpha value is -2.66. The van der Waals surface area contributed by atoms with Gasteiger partial charge in [-0.1, -0.05) is 12.1 Å². The van der Waals surface area contributed by atoms with Crippen LogP contribution in [0.25, 0.3) is 11.0 Å². The molecule has 1 heterocycles. The first-order chi connectivity index (χ1) is 11.0. The highest BCUT2D eigenvalue weighted by Crippen LogP contribution is 2.22. The molecule has 0 saturated heterocycles. The first-order valence-electron chi connectivity index (χ1n) is 7.27. The lowest BCUT2D eigenvalue weighted by Gasteiger charge is -2.15. The zero-order valence-electron chi connectivity index (χ0n) is 12.5. The van der Waals surface area contributed by atoms with Gasteiger partial charge in [-0.25, -0.2) is 9.18 Å². The molecular weight excluding hydrogens is 297 g/mol. The van der Waals surface area contributed by atoms with Crippen molar-refractivity contribution in [2.24, 2.45) is 0 Å². The third-order valence-corrected chi connectivity index (χ3v) is 3.78. The molecule has 0 fully saturated rings. The fourth-order valence-electron chi connectivity index (χ4n) is 2.50. The molecule has 1 atom stereocenters. The van der Waals surface area contributed by atoms with Gasteiger partial charge < -0.3 is 14.8 Å². The maximum Gasteiger partial charge on any atom is 0.336 e. The minimum Gasteiger partial charge on any atom is -0.508 e. The summed E-state index contributed by atoms with van der Waals surface area (Å²) in [5.41, 5.74) is 1.62. The van der Waals surface area contributed by atoms with Crippen LogP contribution in [0.1, 0.15) is 24.1 Å². The van der Waals surface area contributed by atoms with Gasteiger partial charge in [-0.3, -0.25) is 0 Å². The zero-order chi connectivity index (χ0) is 16.4.